The highest BCUT2D eigenvalue weighted by atomic mass is 35.5. The molecule has 2 rings (SSSR count). The summed E-state index contributed by atoms with van der Waals surface area (Å²) in [5.41, 5.74) is 2.89. The van der Waals surface area contributed by atoms with Crippen LogP contribution < -0.4 is 5.32 Å². The maximum atomic E-state index is 11.9. The van der Waals surface area contributed by atoms with Crippen molar-refractivity contribution in [2.45, 2.75) is 25.9 Å². The number of aryl methyl sites for hydroxylation is 2. The Morgan fingerprint density at radius 2 is 2.00 bits per heavy atom. The molecule has 1 atom stereocenters. The van der Waals surface area contributed by atoms with E-state index in [1.54, 1.807) is 0 Å². The van der Waals surface area contributed by atoms with E-state index in [9.17, 15) is 9.90 Å². The number of nitrogens with one attached hydrogen (secondary N) is 1. The highest BCUT2D eigenvalue weighted by Crippen LogP contribution is 2.16. The van der Waals surface area contributed by atoms with Crippen LogP contribution in [0, 0.1) is 6.92 Å². The lowest BCUT2D eigenvalue weighted by molar-refractivity contribution is -0.121. The minimum atomic E-state index is -0.684. The van der Waals surface area contributed by atoms with Crippen LogP contribution in [0.25, 0.3) is 0 Å². The van der Waals surface area contributed by atoms with E-state index in [1.165, 1.54) is 0 Å². The van der Waals surface area contributed by atoms with Gasteiger partial charge < -0.3 is 10.4 Å². The zero-order valence-electron chi connectivity index (χ0n) is 12.6. The lowest BCUT2D eigenvalue weighted by Gasteiger charge is -2.14. The van der Waals surface area contributed by atoms with E-state index in [0.717, 1.165) is 16.7 Å². The lowest BCUT2D eigenvalue weighted by atomic mass is 10.0. The standard InChI is InChI=1S/C18H20ClNO2/c1-13-5-2-3-8-16(13)17(21)12-20-18(22)10-9-14-6-4-7-15(19)11-14/h2-8,11,17,21H,9-10,12H2,1H3,(H,20,22). The molecule has 0 heterocycles. The summed E-state index contributed by atoms with van der Waals surface area (Å²) in [6, 6.07) is 15.1. The van der Waals surface area contributed by atoms with Crippen molar-refractivity contribution in [1.29, 1.82) is 0 Å². The van der Waals surface area contributed by atoms with Crippen LogP contribution in [0.2, 0.25) is 5.02 Å². The van der Waals surface area contributed by atoms with Crippen molar-refractivity contribution in [1.82, 2.24) is 5.32 Å². The Morgan fingerprint density at radius 3 is 2.73 bits per heavy atom. The molecule has 0 aromatic heterocycles. The van der Waals surface area contributed by atoms with E-state index >= 15 is 0 Å². The van der Waals surface area contributed by atoms with Crippen molar-refractivity contribution >= 4 is 17.5 Å². The predicted molar refractivity (Wildman–Crippen MR) is 88.9 cm³/mol. The fourth-order valence-corrected chi connectivity index (χ4v) is 2.53. The van der Waals surface area contributed by atoms with Crippen LogP contribution in [0.5, 0.6) is 0 Å². The van der Waals surface area contributed by atoms with Crippen molar-refractivity contribution in [3.63, 3.8) is 0 Å². The van der Waals surface area contributed by atoms with Gasteiger partial charge in [0.25, 0.3) is 0 Å². The van der Waals surface area contributed by atoms with Crippen LogP contribution in [0.3, 0.4) is 0 Å². The van der Waals surface area contributed by atoms with E-state index in [4.69, 9.17) is 11.6 Å². The molecule has 1 unspecified atom stereocenters. The minimum absolute atomic E-state index is 0.0763. The number of hydrogen-bond donors (Lipinski definition) is 2. The normalized spacial score (nSPS) is 12.0. The number of carbonyl (C=O) groups excluding carboxylic acids is 1. The molecule has 0 aliphatic carbocycles. The molecule has 0 aliphatic heterocycles. The number of halogens is 1. The highest BCUT2D eigenvalue weighted by Gasteiger charge is 2.11. The first kappa shape index (κ1) is 16.5. The molecule has 3 nitrogen and oxygen atoms in total. The molecular formula is C18H20ClNO2. The van der Waals surface area contributed by atoms with E-state index < -0.39 is 6.10 Å². The quantitative estimate of drug-likeness (QED) is 0.857. The number of aliphatic hydroxyl groups excluding tert-OH is 1. The molecule has 0 fully saturated rings. The minimum Gasteiger partial charge on any atom is -0.387 e. The number of hydrogen-bond acceptors (Lipinski definition) is 2. The van der Waals surface area contributed by atoms with Crippen LogP contribution in [-0.4, -0.2) is 17.6 Å². The smallest absolute Gasteiger partial charge is 0.220 e. The van der Waals surface area contributed by atoms with Crippen LogP contribution >= 0.6 is 11.6 Å². The molecule has 2 N–H and O–H groups in total. The summed E-state index contributed by atoms with van der Waals surface area (Å²) < 4.78 is 0. The van der Waals surface area contributed by atoms with E-state index in [0.29, 0.717) is 17.9 Å². The zero-order chi connectivity index (χ0) is 15.9. The maximum Gasteiger partial charge on any atom is 0.220 e. The monoisotopic (exact) mass is 317 g/mol. The second-order valence-electron chi connectivity index (χ2n) is 5.31. The molecule has 0 spiro atoms. The van der Waals surface area contributed by atoms with Crippen LogP contribution in [0.4, 0.5) is 0 Å². The van der Waals surface area contributed by atoms with E-state index in [2.05, 4.69) is 5.32 Å². The molecule has 4 heteroatoms. The zero-order valence-corrected chi connectivity index (χ0v) is 13.3. The Balaban J connectivity index is 1.79. The third kappa shape index (κ3) is 4.86. The lowest BCUT2D eigenvalue weighted by Crippen LogP contribution is -2.28. The molecular weight excluding hydrogens is 298 g/mol. The molecule has 1 amide bonds. The molecule has 0 radical (unpaired) electrons. The van der Waals surface area contributed by atoms with Gasteiger partial charge in [0.15, 0.2) is 0 Å². The molecule has 0 aliphatic rings. The number of benzene rings is 2. The molecule has 22 heavy (non-hydrogen) atoms. The van der Waals surface area contributed by atoms with E-state index in [-0.39, 0.29) is 12.5 Å². The number of rotatable bonds is 6. The molecule has 2 aromatic carbocycles. The second-order valence-corrected chi connectivity index (χ2v) is 5.74. The van der Waals surface area contributed by atoms with Gasteiger partial charge in [-0.15, -0.1) is 0 Å². The summed E-state index contributed by atoms with van der Waals surface area (Å²) in [6.45, 7) is 2.17. The summed E-state index contributed by atoms with van der Waals surface area (Å²) in [5, 5.41) is 13.6. The number of carbonyl (C=O) groups is 1. The van der Waals surface area contributed by atoms with Crippen LogP contribution in [-0.2, 0) is 11.2 Å². The molecule has 2 aromatic rings. The highest BCUT2D eigenvalue weighted by molar-refractivity contribution is 6.30. The average molecular weight is 318 g/mol. The van der Waals surface area contributed by atoms with Gasteiger partial charge in [-0.2, -0.15) is 0 Å². The molecule has 0 bridgehead atoms. The van der Waals surface area contributed by atoms with Gasteiger partial charge >= 0.3 is 0 Å². The fraction of sp³-hybridized carbons (Fsp3) is 0.278. The largest absolute Gasteiger partial charge is 0.387 e. The summed E-state index contributed by atoms with van der Waals surface area (Å²) in [7, 11) is 0. The first-order valence-corrected chi connectivity index (χ1v) is 7.69. The molecule has 0 saturated heterocycles. The van der Waals surface area contributed by atoms with Gasteiger partial charge in [0.1, 0.15) is 0 Å². The first-order chi connectivity index (χ1) is 10.6. The Bertz CT molecular complexity index is 642. The second kappa shape index (κ2) is 7.97. The number of aliphatic hydroxyl groups is 1. The average Bonchev–Trinajstić information content (AvgIpc) is 2.51. The molecule has 0 saturated carbocycles. The fourth-order valence-electron chi connectivity index (χ4n) is 2.32. The van der Waals surface area contributed by atoms with Gasteiger partial charge in [-0.05, 0) is 42.2 Å². The maximum absolute atomic E-state index is 11.9. The van der Waals surface area contributed by atoms with Gasteiger partial charge in [0, 0.05) is 18.0 Å². The van der Waals surface area contributed by atoms with Crippen LogP contribution in [0.1, 0.15) is 29.2 Å². The Labute approximate surface area is 135 Å². The topological polar surface area (TPSA) is 49.3 Å². The summed E-state index contributed by atoms with van der Waals surface area (Å²) in [4.78, 5) is 11.9. The Morgan fingerprint density at radius 1 is 1.23 bits per heavy atom. The SMILES string of the molecule is Cc1ccccc1C(O)CNC(=O)CCc1cccc(Cl)c1. The van der Waals surface area contributed by atoms with Gasteiger partial charge in [-0.3, -0.25) is 4.79 Å². The summed E-state index contributed by atoms with van der Waals surface area (Å²) in [5.74, 6) is -0.0763. The van der Waals surface area contributed by atoms with Crippen LogP contribution in [0.15, 0.2) is 48.5 Å². The third-order valence-corrected chi connectivity index (χ3v) is 3.80. The van der Waals surface area contributed by atoms with Crippen molar-refractivity contribution < 1.29 is 9.90 Å². The Hall–Kier alpha value is -1.84. The van der Waals surface area contributed by atoms with Gasteiger partial charge in [-0.1, -0.05) is 48.0 Å². The Kier molecular flexibility index (Phi) is 5.99. The summed E-state index contributed by atoms with van der Waals surface area (Å²) >= 11 is 5.91. The third-order valence-electron chi connectivity index (χ3n) is 3.57. The van der Waals surface area contributed by atoms with Crippen molar-refractivity contribution in [2.24, 2.45) is 0 Å². The van der Waals surface area contributed by atoms with Crippen molar-refractivity contribution in [2.75, 3.05) is 6.54 Å². The first-order valence-electron chi connectivity index (χ1n) is 7.31. The van der Waals surface area contributed by atoms with Gasteiger partial charge in [0.2, 0.25) is 5.91 Å². The molecule has 116 valence electrons. The van der Waals surface area contributed by atoms with Crippen molar-refractivity contribution in [3.8, 4) is 0 Å². The van der Waals surface area contributed by atoms with E-state index in [1.807, 2.05) is 55.5 Å². The van der Waals surface area contributed by atoms with Gasteiger partial charge in [0.05, 0.1) is 6.10 Å². The van der Waals surface area contributed by atoms with Crippen molar-refractivity contribution in [3.05, 3.63) is 70.2 Å². The number of amides is 1. The van der Waals surface area contributed by atoms with Gasteiger partial charge in [-0.25, -0.2) is 0 Å². The summed E-state index contributed by atoms with van der Waals surface area (Å²) in [6.07, 6.45) is 0.324. The predicted octanol–water partition coefficient (Wildman–Crippen LogP) is 3.43.